The summed E-state index contributed by atoms with van der Waals surface area (Å²) in [4.78, 5) is 36.5. The van der Waals surface area contributed by atoms with E-state index in [4.69, 9.17) is 9.47 Å². The number of aryl methyl sites for hydroxylation is 1. The van der Waals surface area contributed by atoms with Gasteiger partial charge in [0.25, 0.3) is 5.91 Å². The summed E-state index contributed by atoms with van der Waals surface area (Å²) >= 11 is 0. The maximum absolute atomic E-state index is 12.4. The summed E-state index contributed by atoms with van der Waals surface area (Å²) < 4.78 is 10.5. The maximum Gasteiger partial charge on any atom is 0.310 e. The summed E-state index contributed by atoms with van der Waals surface area (Å²) in [7, 11) is 0. The van der Waals surface area contributed by atoms with E-state index >= 15 is 0 Å². The molecule has 1 N–H and O–H groups in total. The Bertz CT molecular complexity index is 756. The first-order valence-corrected chi connectivity index (χ1v) is 8.69. The summed E-state index contributed by atoms with van der Waals surface area (Å²) in [6.45, 7) is 3.55. The lowest BCUT2D eigenvalue weighted by Gasteiger charge is -2.22. The molecule has 4 rings (SSSR count). The normalized spacial score (nSPS) is 31.8. The van der Waals surface area contributed by atoms with Crippen molar-refractivity contribution in [1.29, 1.82) is 0 Å². The van der Waals surface area contributed by atoms with Crippen LogP contribution in [0.1, 0.15) is 24.0 Å². The molecule has 0 aromatic heterocycles. The molecule has 3 aliphatic rings. The Labute approximate surface area is 145 Å². The van der Waals surface area contributed by atoms with Crippen molar-refractivity contribution >= 4 is 23.5 Å². The molecule has 0 spiro atoms. The number of rotatable bonds is 4. The minimum atomic E-state index is -0.454. The molecule has 2 bridgehead atoms. The molecule has 0 radical (unpaired) electrons. The van der Waals surface area contributed by atoms with Crippen LogP contribution in [0, 0.1) is 37.5 Å². The fourth-order valence-corrected chi connectivity index (χ4v) is 4.63. The van der Waals surface area contributed by atoms with Crippen molar-refractivity contribution in [2.75, 3.05) is 11.9 Å². The van der Waals surface area contributed by atoms with Crippen molar-refractivity contribution < 1.29 is 23.9 Å². The number of ether oxygens (including phenoxy) is 2. The van der Waals surface area contributed by atoms with Crippen LogP contribution in [0.4, 0.5) is 5.69 Å². The molecule has 1 aromatic rings. The average molecular weight is 343 g/mol. The van der Waals surface area contributed by atoms with E-state index in [-0.39, 0.29) is 42.3 Å². The van der Waals surface area contributed by atoms with Crippen molar-refractivity contribution in [3.63, 3.8) is 0 Å². The third kappa shape index (κ3) is 2.60. The zero-order valence-corrected chi connectivity index (χ0v) is 14.3. The lowest BCUT2D eigenvalue weighted by molar-refractivity contribution is -0.157. The molecule has 5 atom stereocenters. The highest BCUT2D eigenvalue weighted by molar-refractivity contribution is 5.94. The van der Waals surface area contributed by atoms with Crippen LogP contribution in [-0.4, -0.2) is 30.6 Å². The lowest BCUT2D eigenvalue weighted by Crippen LogP contribution is -2.35. The highest BCUT2D eigenvalue weighted by atomic mass is 16.6. The number of esters is 2. The van der Waals surface area contributed by atoms with Gasteiger partial charge in [0.15, 0.2) is 6.61 Å². The predicted molar refractivity (Wildman–Crippen MR) is 88.6 cm³/mol. The van der Waals surface area contributed by atoms with Crippen molar-refractivity contribution in [2.45, 2.75) is 32.8 Å². The van der Waals surface area contributed by atoms with E-state index in [1.807, 2.05) is 32.0 Å². The third-order valence-corrected chi connectivity index (χ3v) is 5.98. The van der Waals surface area contributed by atoms with Gasteiger partial charge in [-0.25, -0.2) is 0 Å². The number of hydrogen-bond acceptors (Lipinski definition) is 5. The molecule has 1 aromatic carbocycles. The Balaban J connectivity index is 1.35. The Morgan fingerprint density at radius 2 is 2.08 bits per heavy atom. The molecule has 0 unspecified atom stereocenters. The molecule has 1 amide bonds. The summed E-state index contributed by atoms with van der Waals surface area (Å²) in [5.41, 5.74) is 2.77. The van der Waals surface area contributed by atoms with Gasteiger partial charge >= 0.3 is 11.9 Å². The minimum Gasteiger partial charge on any atom is -0.462 e. The van der Waals surface area contributed by atoms with E-state index < -0.39 is 11.9 Å². The van der Waals surface area contributed by atoms with E-state index in [9.17, 15) is 14.4 Å². The fourth-order valence-electron chi connectivity index (χ4n) is 4.63. The number of benzene rings is 1. The largest absolute Gasteiger partial charge is 0.462 e. The molecular weight excluding hydrogens is 322 g/mol. The third-order valence-electron chi connectivity index (χ3n) is 5.98. The SMILES string of the molecule is Cc1cccc(NC(=O)COC(=O)[C@@H]2[C@@H]3C[C@@H]4[C@@H]2C(=O)O[C@@H]4C3)c1C. The van der Waals surface area contributed by atoms with Crippen LogP contribution >= 0.6 is 0 Å². The molecular formula is C19H21NO5. The Morgan fingerprint density at radius 1 is 1.28 bits per heavy atom. The van der Waals surface area contributed by atoms with E-state index in [0.29, 0.717) is 5.69 Å². The smallest absolute Gasteiger partial charge is 0.310 e. The van der Waals surface area contributed by atoms with Crippen molar-refractivity contribution in [1.82, 2.24) is 0 Å². The lowest BCUT2D eigenvalue weighted by atomic mass is 9.80. The van der Waals surface area contributed by atoms with E-state index in [1.165, 1.54) is 0 Å². The number of hydrogen-bond donors (Lipinski definition) is 1. The highest BCUT2D eigenvalue weighted by Gasteiger charge is 2.64. The van der Waals surface area contributed by atoms with Crippen LogP contribution in [0.3, 0.4) is 0 Å². The van der Waals surface area contributed by atoms with Gasteiger partial charge in [-0.1, -0.05) is 12.1 Å². The fraction of sp³-hybridized carbons (Fsp3) is 0.526. The van der Waals surface area contributed by atoms with Crippen LogP contribution in [0.5, 0.6) is 0 Å². The summed E-state index contributed by atoms with van der Waals surface area (Å²) in [6.07, 6.45) is 1.57. The van der Waals surface area contributed by atoms with E-state index in [0.717, 1.165) is 24.0 Å². The van der Waals surface area contributed by atoms with Crippen LogP contribution in [0.2, 0.25) is 0 Å². The second kappa shape index (κ2) is 5.86. The maximum atomic E-state index is 12.4. The first kappa shape index (κ1) is 16.1. The molecule has 132 valence electrons. The number of amides is 1. The first-order valence-electron chi connectivity index (χ1n) is 8.69. The molecule has 2 saturated carbocycles. The highest BCUT2D eigenvalue weighted by Crippen LogP contribution is 2.57. The average Bonchev–Trinajstić information content (AvgIpc) is 3.19. The quantitative estimate of drug-likeness (QED) is 0.846. The van der Waals surface area contributed by atoms with Gasteiger partial charge < -0.3 is 14.8 Å². The zero-order chi connectivity index (χ0) is 17.7. The van der Waals surface area contributed by atoms with Gasteiger partial charge in [0.2, 0.25) is 0 Å². The second-order valence-corrected chi connectivity index (χ2v) is 7.33. The Morgan fingerprint density at radius 3 is 2.88 bits per heavy atom. The van der Waals surface area contributed by atoms with Crippen molar-refractivity contribution in [3.8, 4) is 0 Å². The number of fused-ring (bicyclic) bond motifs is 1. The number of nitrogens with one attached hydrogen (secondary N) is 1. The molecule has 1 heterocycles. The van der Waals surface area contributed by atoms with E-state index in [2.05, 4.69) is 5.32 Å². The van der Waals surface area contributed by atoms with Crippen molar-refractivity contribution in [3.05, 3.63) is 29.3 Å². The van der Waals surface area contributed by atoms with Gasteiger partial charge in [0, 0.05) is 11.6 Å². The summed E-state index contributed by atoms with van der Waals surface area (Å²) in [5.74, 6) is -1.65. The molecule has 1 saturated heterocycles. The molecule has 2 aliphatic carbocycles. The second-order valence-electron chi connectivity index (χ2n) is 7.33. The van der Waals surface area contributed by atoms with Crippen molar-refractivity contribution in [2.24, 2.45) is 23.7 Å². The first-order chi connectivity index (χ1) is 12.0. The number of carbonyl (C=O) groups excluding carboxylic acids is 3. The van der Waals surface area contributed by atoms with Crippen LogP contribution in [0.15, 0.2) is 18.2 Å². The number of anilines is 1. The zero-order valence-electron chi connectivity index (χ0n) is 14.3. The topological polar surface area (TPSA) is 81.7 Å². The molecule has 6 nitrogen and oxygen atoms in total. The van der Waals surface area contributed by atoms with Gasteiger partial charge in [-0.05, 0) is 49.8 Å². The standard InChI is InChI=1S/C19H21NO5/c1-9-4-3-5-13(10(9)2)20-15(21)8-24-18(22)16-11-6-12-14(7-11)25-19(23)17(12)16/h3-5,11-12,14,16-17H,6-8H2,1-2H3,(H,20,21)/t11-,12+,14-,16-,17+/m1/s1. The Kier molecular flexibility index (Phi) is 3.78. The van der Waals surface area contributed by atoms with Crippen LogP contribution in [0.25, 0.3) is 0 Å². The predicted octanol–water partition coefficient (Wildman–Crippen LogP) is 1.98. The molecule has 1 aliphatic heterocycles. The molecule has 25 heavy (non-hydrogen) atoms. The number of carbonyl (C=O) groups is 3. The van der Waals surface area contributed by atoms with Gasteiger partial charge in [-0.2, -0.15) is 0 Å². The molecule has 3 fully saturated rings. The van der Waals surface area contributed by atoms with Gasteiger partial charge in [0.05, 0.1) is 11.8 Å². The molecule has 6 heteroatoms. The summed E-state index contributed by atoms with van der Waals surface area (Å²) in [5, 5.41) is 2.77. The Hall–Kier alpha value is -2.37. The van der Waals surface area contributed by atoms with Gasteiger partial charge in [-0.15, -0.1) is 0 Å². The van der Waals surface area contributed by atoms with Crippen LogP contribution < -0.4 is 5.32 Å². The van der Waals surface area contributed by atoms with Crippen LogP contribution in [-0.2, 0) is 23.9 Å². The minimum absolute atomic E-state index is 0.0147. The monoisotopic (exact) mass is 343 g/mol. The summed E-state index contributed by atoms with van der Waals surface area (Å²) in [6, 6.07) is 5.64. The van der Waals surface area contributed by atoms with Gasteiger partial charge in [-0.3, -0.25) is 14.4 Å². The van der Waals surface area contributed by atoms with Gasteiger partial charge in [0.1, 0.15) is 6.10 Å². The van der Waals surface area contributed by atoms with E-state index in [1.54, 1.807) is 0 Å².